The van der Waals surface area contributed by atoms with Crippen LogP contribution in [0.4, 0.5) is 0 Å². The Balaban J connectivity index is 1.90. The Morgan fingerprint density at radius 1 is 1.41 bits per heavy atom. The molecule has 2 rings (SSSR count). The fourth-order valence-corrected chi connectivity index (χ4v) is 1.79. The molecule has 0 aromatic heterocycles. The van der Waals surface area contributed by atoms with E-state index in [4.69, 9.17) is 14.2 Å². The van der Waals surface area contributed by atoms with Crippen molar-refractivity contribution in [1.82, 2.24) is 0 Å². The van der Waals surface area contributed by atoms with Gasteiger partial charge in [-0.05, 0) is 18.6 Å². The molecule has 92 valence electrons. The summed E-state index contributed by atoms with van der Waals surface area (Å²) in [4.78, 5) is 11.8. The Kier molecular flexibility index (Phi) is 3.98. The lowest BCUT2D eigenvalue weighted by Crippen LogP contribution is -2.21. The number of Topliss-reactive ketones (excluding diaryl/α,β-unsaturated/α-hetero) is 1. The molecule has 0 aliphatic carbocycles. The summed E-state index contributed by atoms with van der Waals surface area (Å²) in [5.41, 5.74) is 0. The van der Waals surface area contributed by atoms with Crippen LogP contribution in [0, 0.1) is 5.92 Å². The van der Waals surface area contributed by atoms with Crippen molar-refractivity contribution in [3.05, 3.63) is 24.3 Å². The quantitative estimate of drug-likeness (QED) is 0.780. The van der Waals surface area contributed by atoms with Gasteiger partial charge in [-0.2, -0.15) is 0 Å². The average Bonchev–Trinajstić information content (AvgIpc) is 2.90. The molecule has 0 radical (unpaired) electrons. The van der Waals surface area contributed by atoms with Crippen LogP contribution in [0.1, 0.15) is 6.42 Å². The number of carbonyl (C=O) groups is 1. The molecule has 0 saturated carbocycles. The molecular formula is C13H16O4. The van der Waals surface area contributed by atoms with Crippen molar-refractivity contribution in [2.24, 2.45) is 5.92 Å². The van der Waals surface area contributed by atoms with E-state index >= 15 is 0 Å². The van der Waals surface area contributed by atoms with Crippen LogP contribution >= 0.6 is 0 Å². The maximum absolute atomic E-state index is 11.8. The minimum absolute atomic E-state index is 0.00953. The molecule has 0 N–H and O–H groups in total. The predicted molar refractivity (Wildman–Crippen MR) is 62.4 cm³/mol. The summed E-state index contributed by atoms with van der Waals surface area (Å²) in [6.07, 6.45) is 0.800. The molecule has 1 unspecified atom stereocenters. The molecule has 0 bridgehead atoms. The molecule has 0 amide bonds. The largest absolute Gasteiger partial charge is 0.493 e. The number of methoxy groups -OCH3 is 1. The van der Waals surface area contributed by atoms with Gasteiger partial charge in [-0.25, -0.2) is 0 Å². The first kappa shape index (κ1) is 11.9. The number of benzene rings is 1. The molecule has 1 heterocycles. The zero-order valence-corrected chi connectivity index (χ0v) is 9.85. The highest BCUT2D eigenvalue weighted by Crippen LogP contribution is 2.26. The van der Waals surface area contributed by atoms with Gasteiger partial charge in [-0.15, -0.1) is 0 Å². The minimum Gasteiger partial charge on any atom is -0.493 e. The summed E-state index contributed by atoms with van der Waals surface area (Å²) in [7, 11) is 1.58. The number of ketones is 1. The van der Waals surface area contributed by atoms with Gasteiger partial charge in [0, 0.05) is 12.5 Å². The summed E-state index contributed by atoms with van der Waals surface area (Å²) in [6.45, 7) is 1.27. The Morgan fingerprint density at radius 3 is 2.82 bits per heavy atom. The van der Waals surface area contributed by atoms with Crippen LogP contribution in [-0.4, -0.2) is 32.7 Å². The molecule has 1 atom stereocenters. The third-order valence-corrected chi connectivity index (χ3v) is 2.82. The lowest BCUT2D eigenvalue weighted by molar-refractivity contribution is -0.124. The number of rotatable bonds is 5. The van der Waals surface area contributed by atoms with Crippen molar-refractivity contribution < 1.29 is 19.0 Å². The Labute approximate surface area is 100 Å². The van der Waals surface area contributed by atoms with Crippen molar-refractivity contribution in [3.8, 4) is 11.5 Å². The van der Waals surface area contributed by atoms with Gasteiger partial charge in [0.2, 0.25) is 0 Å². The summed E-state index contributed by atoms with van der Waals surface area (Å²) in [6, 6.07) is 7.30. The molecule has 1 fully saturated rings. The Hall–Kier alpha value is -1.55. The van der Waals surface area contributed by atoms with Crippen molar-refractivity contribution in [2.75, 3.05) is 26.9 Å². The van der Waals surface area contributed by atoms with Crippen molar-refractivity contribution in [1.29, 1.82) is 0 Å². The van der Waals surface area contributed by atoms with Crippen molar-refractivity contribution in [2.45, 2.75) is 6.42 Å². The van der Waals surface area contributed by atoms with Gasteiger partial charge in [0.1, 0.15) is 6.61 Å². The van der Waals surface area contributed by atoms with Gasteiger partial charge in [0.25, 0.3) is 0 Å². The van der Waals surface area contributed by atoms with Crippen LogP contribution in [0.2, 0.25) is 0 Å². The van der Waals surface area contributed by atoms with Crippen LogP contribution in [0.25, 0.3) is 0 Å². The average molecular weight is 236 g/mol. The highest BCUT2D eigenvalue weighted by Gasteiger charge is 2.23. The molecule has 4 nitrogen and oxygen atoms in total. The minimum atomic E-state index is -0.00953. The van der Waals surface area contributed by atoms with E-state index in [0.717, 1.165) is 6.42 Å². The molecule has 1 aromatic rings. The van der Waals surface area contributed by atoms with E-state index in [1.807, 2.05) is 12.1 Å². The zero-order valence-electron chi connectivity index (χ0n) is 9.85. The van der Waals surface area contributed by atoms with Crippen LogP contribution in [-0.2, 0) is 9.53 Å². The number of ether oxygens (including phenoxy) is 3. The second kappa shape index (κ2) is 5.68. The molecule has 1 aliphatic rings. The molecule has 4 heteroatoms. The Bertz CT molecular complexity index is 383. The Morgan fingerprint density at radius 2 is 2.18 bits per heavy atom. The number of hydrogen-bond donors (Lipinski definition) is 0. The number of hydrogen-bond acceptors (Lipinski definition) is 4. The highest BCUT2D eigenvalue weighted by atomic mass is 16.5. The lowest BCUT2D eigenvalue weighted by Gasteiger charge is -2.11. The maximum atomic E-state index is 11.8. The second-order valence-electron chi connectivity index (χ2n) is 3.97. The van der Waals surface area contributed by atoms with Gasteiger partial charge in [0.05, 0.1) is 13.7 Å². The summed E-state index contributed by atoms with van der Waals surface area (Å²) in [5.74, 6) is 1.32. The fraction of sp³-hybridized carbons (Fsp3) is 0.462. The zero-order chi connectivity index (χ0) is 12.1. The lowest BCUT2D eigenvalue weighted by atomic mass is 10.0. The van der Waals surface area contributed by atoms with E-state index in [2.05, 4.69) is 0 Å². The van der Waals surface area contributed by atoms with Crippen LogP contribution in [0.3, 0.4) is 0 Å². The molecule has 1 aliphatic heterocycles. The molecule has 17 heavy (non-hydrogen) atoms. The summed E-state index contributed by atoms with van der Waals surface area (Å²) < 4.78 is 15.8. The number of para-hydroxylation sites is 2. The van der Waals surface area contributed by atoms with Crippen molar-refractivity contribution in [3.63, 3.8) is 0 Å². The second-order valence-corrected chi connectivity index (χ2v) is 3.97. The topological polar surface area (TPSA) is 44.8 Å². The van der Waals surface area contributed by atoms with E-state index in [1.165, 1.54) is 0 Å². The fourth-order valence-electron chi connectivity index (χ4n) is 1.79. The third kappa shape index (κ3) is 2.97. The standard InChI is InChI=1S/C13H16O4/c1-15-12-4-2-3-5-13(12)17-9-11(14)10-6-7-16-8-10/h2-5,10H,6-9H2,1H3. The monoisotopic (exact) mass is 236 g/mol. The first-order valence-corrected chi connectivity index (χ1v) is 5.67. The molecular weight excluding hydrogens is 220 g/mol. The first-order chi connectivity index (χ1) is 8.31. The van der Waals surface area contributed by atoms with E-state index in [9.17, 15) is 4.79 Å². The van der Waals surface area contributed by atoms with E-state index < -0.39 is 0 Å². The highest BCUT2D eigenvalue weighted by molar-refractivity contribution is 5.82. The van der Waals surface area contributed by atoms with E-state index in [0.29, 0.717) is 24.7 Å². The van der Waals surface area contributed by atoms with Gasteiger partial charge >= 0.3 is 0 Å². The van der Waals surface area contributed by atoms with Gasteiger partial charge in [0.15, 0.2) is 17.3 Å². The molecule has 1 saturated heterocycles. The van der Waals surface area contributed by atoms with Crippen LogP contribution in [0.5, 0.6) is 11.5 Å². The van der Waals surface area contributed by atoms with Gasteiger partial charge in [-0.3, -0.25) is 4.79 Å². The number of carbonyl (C=O) groups excluding carboxylic acids is 1. The normalized spacial score (nSPS) is 19.0. The third-order valence-electron chi connectivity index (χ3n) is 2.82. The maximum Gasteiger partial charge on any atom is 0.175 e. The van der Waals surface area contributed by atoms with E-state index in [1.54, 1.807) is 19.2 Å². The van der Waals surface area contributed by atoms with Crippen LogP contribution < -0.4 is 9.47 Å². The summed E-state index contributed by atoms with van der Waals surface area (Å²) >= 11 is 0. The van der Waals surface area contributed by atoms with Gasteiger partial charge < -0.3 is 14.2 Å². The predicted octanol–water partition coefficient (Wildman–Crippen LogP) is 1.68. The molecule has 1 aromatic carbocycles. The van der Waals surface area contributed by atoms with E-state index in [-0.39, 0.29) is 18.3 Å². The van der Waals surface area contributed by atoms with Crippen LogP contribution in [0.15, 0.2) is 24.3 Å². The van der Waals surface area contributed by atoms with Crippen molar-refractivity contribution >= 4 is 5.78 Å². The molecule has 0 spiro atoms. The smallest absolute Gasteiger partial charge is 0.175 e. The van der Waals surface area contributed by atoms with Gasteiger partial charge in [-0.1, -0.05) is 12.1 Å². The first-order valence-electron chi connectivity index (χ1n) is 5.67. The summed E-state index contributed by atoms with van der Waals surface area (Å²) in [5, 5.41) is 0. The SMILES string of the molecule is COc1ccccc1OCC(=O)C1CCOC1.